The maximum atomic E-state index is 13.1. The molecular formula is C27H42N4O4. The monoisotopic (exact) mass is 486 g/mol. The van der Waals surface area contributed by atoms with Gasteiger partial charge in [0.25, 0.3) is 5.91 Å². The van der Waals surface area contributed by atoms with Crippen LogP contribution in [-0.4, -0.2) is 77.8 Å². The molecule has 2 heterocycles. The average Bonchev–Trinajstić information content (AvgIpc) is 3.04. The largest absolute Gasteiger partial charge is 0.390 e. The van der Waals surface area contributed by atoms with E-state index in [2.05, 4.69) is 34.4 Å². The van der Waals surface area contributed by atoms with Crippen LogP contribution in [0.5, 0.6) is 0 Å². The normalized spacial score (nSPS) is 32.6. The summed E-state index contributed by atoms with van der Waals surface area (Å²) in [5, 5.41) is 17.4. The Kier molecular flexibility index (Phi) is 7.83. The zero-order chi connectivity index (χ0) is 25.1. The first kappa shape index (κ1) is 26.0. The zero-order valence-electron chi connectivity index (χ0n) is 21.5. The van der Waals surface area contributed by atoms with E-state index >= 15 is 0 Å². The number of aromatic nitrogens is 1. The smallest absolute Gasteiger partial charge is 0.253 e. The number of nitrogens with zero attached hydrogens (tertiary/aromatic N) is 2. The van der Waals surface area contributed by atoms with E-state index in [9.17, 15) is 14.7 Å². The standard InChI is InChI=1S/C27H42N4O4/c1-25(2)18-22(30-24(33)20-5-4-10-28-19-20)27(9-8-26(3,34)17-21(25)27)7-6-23(32)29-11-12-31-13-15-35-16-14-31/h4-5,10,19,21-22,34H,6-9,11-18H2,1-3H3,(H,29,32)(H,30,33)/t21-,22-,26-,27-/m0/s1. The Morgan fingerprint density at radius 3 is 2.69 bits per heavy atom. The van der Waals surface area contributed by atoms with Gasteiger partial charge in [-0.05, 0) is 67.9 Å². The maximum Gasteiger partial charge on any atom is 0.253 e. The summed E-state index contributed by atoms with van der Waals surface area (Å²) in [6, 6.07) is 3.50. The fourth-order valence-electron chi connectivity index (χ4n) is 6.78. The Hall–Kier alpha value is -2.03. The summed E-state index contributed by atoms with van der Waals surface area (Å²) in [6.45, 7) is 11.2. The van der Waals surface area contributed by atoms with Gasteiger partial charge in [0.1, 0.15) is 0 Å². The molecule has 8 heteroatoms. The van der Waals surface area contributed by atoms with Crippen molar-refractivity contribution in [1.29, 1.82) is 0 Å². The molecule has 2 aliphatic carbocycles. The molecule has 0 spiro atoms. The van der Waals surface area contributed by atoms with Crippen LogP contribution in [0.1, 0.15) is 69.7 Å². The summed E-state index contributed by atoms with van der Waals surface area (Å²) in [4.78, 5) is 32.3. The van der Waals surface area contributed by atoms with E-state index < -0.39 is 5.60 Å². The van der Waals surface area contributed by atoms with Gasteiger partial charge in [0.05, 0.1) is 24.4 Å². The molecule has 35 heavy (non-hydrogen) atoms. The third-order valence-electron chi connectivity index (χ3n) is 8.73. The molecule has 1 aliphatic heterocycles. The van der Waals surface area contributed by atoms with Gasteiger partial charge in [-0.25, -0.2) is 0 Å². The first-order valence-electron chi connectivity index (χ1n) is 13.1. The van der Waals surface area contributed by atoms with Gasteiger partial charge in [-0.3, -0.25) is 19.5 Å². The van der Waals surface area contributed by atoms with Gasteiger partial charge in [-0.1, -0.05) is 13.8 Å². The highest BCUT2D eigenvalue weighted by atomic mass is 16.5. The predicted molar refractivity (Wildman–Crippen MR) is 134 cm³/mol. The molecule has 0 unspecified atom stereocenters. The number of pyridine rings is 1. The fourth-order valence-corrected chi connectivity index (χ4v) is 6.78. The molecule has 8 nitrogen and oxygen atoms in total. The first-order chi connectivity index (χ1) is 16.6. The van der Waals surface area contributed by atoms with Crippen molar-refractivity contribution in [3.8, 4) is 0 Å². The number of nitrogens with one attached hydrogen (secondary N) is 2. The molecule has 4 atom stereocenters. The molecule has 3 aliphatic rings. The van der Waals surface area contributed by atoms with Crippen LogP contribution in [0.25, 0.3) is 0 Å². The quantitative estimate of drug-likeness (QED) is 0.521. The lowest BCUT2D eigenvalue weighted by Crippen LogP contribution is -2.52. The van der Waals surface area contributed by atoms with E-state index in [-0.39, 0.29) is 34.6 Å². The second-order valence-electron chi connectivity index (χ2n) is 11.8. The van der Waals surface area contributed by atoms with Crippen LogP contribution in [0.3, 0.4) is 0 Å². The molecule has 4 rings (SSSR count). The number of fused-ring (bicyclic) bond motifs is 1. The number of carbonyl (C=O) groups is 2. The number of ether oxygens (including phenoxy) is 1. The summed E-state index contributed by atoms with van der Waals surface area (Å²) in [5.41, 5.74) is -0.434. The molecular weight excluding hydrogens is 444 g/mol. The van der Waals surface area contributed by atoms with Crippen molar-refractivity contribution in [2.75, 3.05) is 39.4 Å². The second-order valence-corrected chi connectivity index (χ2v) is 11.8. The van der Waals surface area contributed by atoms with Crippen molar-refractivity contribution in [2.45, 2.75) is 70.9 Å². The lowest BCUT2D eigenvalue weighted by Gasteiger charge is -2.50. The highest BCUT2D eigenvalue weighted by Gasteiger charge is 2.61. The number of aliphatic hydroxyl groups is 1. The van der Waals surface area contributed by atoms with Gasteiger partial charge in [-0.15, -0.1) is 0 Å². The van der Waals surface area contributed by atoms with Gasteiger partial charge >= 0.3 is 0 Å². The summed E-state index contributed by atoms with van der Waals surface area (Å²) in [5.74, 6) is 0.163. The highest BCUT2D eigenvalue weighted by molar-refractivity contribution is 5.94. The van der Waals surface area contributed by atoms with Crippen molar-refractivity contribution < 1.29 is 19.4 Å². The number of morpholine rings is 1. The summed E-state index contributed by atoms with van der Waals surface area (Å²) in [7, 11) is 0. The minimum absolute atomic E-state index is 0.0487. The summed E-state index contributed by atoms with van der Waals surface area (Å²) >= 11 is 0. The lowest BCUT2D eigenvalue weighted by molar-refractivity contribution is -0.123. The number of rotatable bonds is 8. The number of carbonyl (C=O) groups excluding carboxylic acids is 2. The molecule has 3 fully saturated rings. The van der Waals surface area contributed by atoms with Gasteiger partial charge in [0.2, 0.25) is 5.91 Å². The topological polar surface area (TPSA) is 104 Å². The van der Waals surface area contributed by atoms with Crippen LogP contribution >= 0.6 is 0 Å². The van der Waals surface area contributed by atoms with E-state index in [0.29, 0.717) is 37.8 Å². The Balaban J connectivity index is 1.44. The average molecular weight is 487 g/mol. The highest BCUT2D eigenvalue weighted by Crippen LogP contribution is 2.63. The van der Waals surface area contributed by atoms with Gasteiger partial charge in [-0.2, -0.15) is 0 Å². The Morgan fingerprint density at radius 2 is 1.97 bits per heavy atom. The van der Waals surface area contributed by atoms with Crippen LogP contribution in [0.2, 0.25) is 0 Å². The SMILES string of the molecule is CC1(C)C[C@H](NC(=O)c2cccnc2)[C@@]2(CCC(=O)NCCN3CCOCC3)CC[C@](C)(O)C[C@@H]12. The number of hydrogen-bond acceptors (Lipinski definition) is 6. The van der Waals surface area contributed by atoms with Crippen LogP contribution in [-0.2, 0) is 9.53 Å². The van der Waals surface area contributed by atoms with Crippen molar-refractivity contribution >= 4 is 11.8 Å². The molecule has 1 aromatic rings. The summed E-state index contributed by atoms with van der Waals surface area (Å²) in [6.07, 6.45) is 7.39. The third-order valence-corrected chi connectivity index (χ3v) is 8.73. The summed E-state index contributed by atoms with van der Waals surface area (Å²) < 4.78 is 5.39. The first-order valence-corrected chi connectivity index (χ1v) is 13.1. The molecule has 0 radical (unpaired) electrons. The van der Waals surface area contributed by atoms with E-state index in [1.165, 1.54) is 0 Å². The van der Waals surface area contributed by atoms with Crippen LogP contribution in [0, 0.1) is 16.7 Å². The van der Waals surface area contributed by atoms with Crippen molar-refractivity contribution in [1.82, 2.24) is 20.5 Å². The van der Waals surface area contributed by atoms with Gasteiger partial charge in [0.15, 0.2) is 0 Å². The van der Waals surface area contributed by atoms with Crippen molar-refractivity contribution in [3.63, 3.8) is 0 Å². The zero-order valence-corrected chi connectivity index (χ0v) is 21.5. The fraction of sp³-hybridized carbons (Fsp3) is 0.741. The third kappa shape index (κ3) is 6.04. The number of amides is 2. The molecule has 1 saturated heterocycles. The van der Waals surface area contributed by atoms with E-state index in [1.807, 2.05) is 6.92 Å². The molecule has 0 aromatic carbocycles. The second kappa shape index (κ2) is 10.5. The molecule has 2 saturated carbocycles. The Bertz CT molecular complexity index is 884. The molecule has 2 amide bonds. The van der Waals surface area contributed by atoms with Crippen LogP contribution in [0.15, 0.2) is 24.5 Å². The van der Waals surface area contributed by atoms with Crippen molar-refractivity contribution in [3.05, 3.63) is 30.1 Å². The van der Waals surface area contributed by atoms with E-state index in [4.69, 9.17) is 4.74 Å². The minimum Gasteiger partial charge on any atom is -0.390 e. The maximum absolute atomic E-state index is 13.1. The lowest BCUT2D eigenvalue weighted by atomic mass is 9.57. The van der Waals surface area contributed by atoms with E-state index in [1.54, 1.807) is 24.5 Å². The Labute approximate surface area is 209 Å². The van der Waals surface area contributed by atoms with Crippen LogP contribution < -0.4 is 10.6 Å². The predicted octanol–water partition coefficient (Wildman–Crippen LogP) is 2.38. The minimum atomic E-state index is -0.714. The number of hydrogen-bond donors (Lipinski definition) is 3. The van der Waals surface area contributed by atoms with Gasteiger partial charge in [0, 0.05) is 51.0 Å². The molecule has 3 N–H and O–H groups in total. The molecule has 1 aromatic heterocycles. The molecule has 0 bridgehead atoms. The van der Waals surface area contributed by atoms with Crippen molar-refractivity contribution in [2.24, 2.45) is 16.7 Å². The Morgan fingerprint density at radius 1 is 1.20 bits per heavy atom. The van der Waals surface area contributed by atoms with Crippen LogP contribution in [0.4, 0.5) is 0 Å². The van der Waals surface area contributed by atoms with Gasteiger partial charge < -0.3 is 20.5 Å². The molecule has 194 valence electrons. The van der Waals surface area contributed by atoms with E-state index in [0.717, 1.165) is 45.7 Å².